The van der Waals surface area contributed by atoms with Crippen molar-refractivity contribution in [2.45, 2.75) is 38.5 Å². The van der Waals surface area contributed by atoms with Gasteiger partial charge in [0, 0.05) is 23.5 Å². The topological polar surface area (TPSA) is 76.3 Å². The largest absolute Gasteiger partial charge is 0.296 e. The molecular weight excluding hydrogens is 538 g/mol. The molecule has 0 atom stereocenters. The number of aromatic nitrogens is 4. The van der Waals surface area contributed by atoms with E-state index in [1.807, 2.05) is 0 Å². The Bertz CT molecular complexity index is 1470. The fourth-order valence-corrected chi connectivity index (χ4v) is 5.76. The first-order valence-corrected chi connectivity index (χ1v) is 14.7. The van der Waals surface area contributed by atoms with Crippen LogP contribution in [-0.4, -0.2) is 80.2 Å². The molecule has 0 radical (unpaired) electrons. The van der Waals surface area contributed by atoms with Crippen LogP contribution in [0.1, 0.15) is 59.4 Å². The monoisotopic (exact) mass is 572 g/mol. The molecule has 2 aliphatic heterocycles. The third kappa shape index (κ3) is 6.24. The van der Waals surface area contributed by atoms with Gasteiger partial charge in [-0.15, -0.1) is 0 Å². The van der Waals surface area contributed by atoms with Gasteiger partial charge in [-0.25, -0.2) is 18.1 Å². The van der Waals surface area contributed by atoms with Crippen LogP contribution in [0.3, 0.4) is 0 Å². The summed E-state index contributed by atoms with van der Waals surface area (Å²) in [5, 5.41) is 8.76. The van der Waals surface area contributed by atoms with Crippen molar-refractivity contribution >= 4 is 11.6 Å². The van der Waals surface area contributed by atoms with Crippen molar-refractivity contribution < 1.29 is 18.4 Å². The maximum Gasteiger partial charge on any atom is 0.196 e. The van der Waals surface area contributed by atoms with E-state index in [-0.39, 0.29) is 22.7 Å². The highest BCUT2D eigenvalue weighted by molar-refractivity contribution is 5.97. The Morgan fingerprint density at radius 1 is 0.690 bits per heavy atom. The fraction of sp³-hybridized carbons (Fsp3) is 0.375. The molecule has 2 aromatic carbocycles. The molecule has 8 nitrogen and oxygen atoms in total. The summed E-state index contributed by atoms with van der Waals surface area (Å²) in [6.07, 6.45) is 11.6. The van der Waals surface area contributed by atoms with E-state index in [2.05, 4.69) is 20.0 Å². The van der Waals surface area contributed by atoms with Crippen molar-refractivity contribution in [1.82, 2.24) is 29.4 Å². The van der Waals surface area contributed by atoms with E-state index in [0.717, 1.165) is 51.9 Å². The third-order valence-corrected chi connectivity index (χ3v) is 8.13. The van der Waals surface area contributed by atoms with E-state index >= 15 is 8.78 Å². The normalized spacial score (nSPS) is 16.5. The summed E-state index contributed by atoms with van der Waals surface area (Å²) < 4.78 is 33.2. The molecule has 10 heteroatoms. The van der Waals surface area contributed by atoms with E-state index in [4.69, 9.17) is 0 Å². The van der Waals surface area contributed by atoms with Crippen LogP contribution in [0.25, 0.3) is 22.5 Å². The summed E-state index contributed by atoms with van der Waals surface area (Å²) in [5.41, 5.74) is 1.91. The SMILES string of the molecule is O=C(CN1CCCCC1)c1cnn(-c2ccc(F)c(-c3cc(-n4ccc(C(=O)CN5CCCCC5)n4)ccc3F)c2)c1. The van der Waals surface area contributed by atoms with Crippen LogP contribution in [0.2, 0.25) is 0 Å². The summed E-state index contributed by atoms with van der Waals surface area (Å²) in [4.78, 5) is 29.9. The van der Waals surface area contributed by atoms with E-state index in [9.17, 15) is 9.59 Å². The number of piperidine rings is 2. The predicted molar refractivity (Wildman–Crippen MR) is 155 cm³/mol. The first kappa shape index (κ1) is 28.1. The fourth-order valence-electron chi connectivity index (χ4n) is 5.76. The van der Waals surface area contributed by atoms with Gasteiger partial charge in [-0.1, -0.05) is 12.8 Å². The number of benzene rings is 2. The van der Waals surface area contributed by atoms with Crippen molar-refractivity contribution in [2.75, 3.05) is 39.3 Å². The molecule has 4 heterocycles. The van der Waals surface area contributed by atoms with E-state index < -0.39 is 11.6 Å². The van der Waals surface area contributed by atoms with E-state index in [1.165, 1.54) is 52.7 Å². The van der Waals surface area contributed by atoms with Crippen molar-refractivity contribution in [3.8, 4) is 22.5 Å². The Hall–Kier alpha value is -4.02. The highest BCUT2D eigenvalue weighted by Crippen LogP contribution is 2.30. The van der Waals surface area contributed by atoms with Crippen LogP contribution < -0.4 is 0 Å². The summed E-state index contributed by atoms with van der Waals surface area (Å²) >= 11 is 0. The Morgan fingerprint density at radius 2 is 1.24 bits per heavy atom. The molecular formula is C32H34F2N6O2. The minimum Gasteiger partial charge on any atom is -0.296 e. The van der Waals surface area contributed by atoms with E-state index in [1.54, 1.807) is 30.6 Å². The molecule has 42 heavy (non-hydrogen) atoms. The number of carbonyl (C=O) groups is 2. The minimum absolute atomic E-state index is 0.0165. The van der Waals surface area contributed by atoms with Crippen molar-refractivity contribution in [1.29, 1.82) is 0 Å². The average Bonchev–Trinajstić information content (AvgIpc) is 3.70. The molecule has 218 valence electrons. The molecule has 2 aromatic heterocycles. The molecule has 2 fully saturated rings. The Balaban J connectivity index is 1.22. The lowest BCUT2D eigenvalue weighted by Gasteiger charge is -2.25. The van der Waals surface area contributed by atoms with Crippen LogP contribution in [0.15, 0.2) is 61.1 Å². The first-order valence-electron chi connectivity index (χ1n) is 14.7. The third-order valence-electron chi connectivity index (χ3n) is 8.13. The van der Waals surface area contributed by atoms with E-state index in [0.29, 0.717) is 35.7 Å². The molecule has 4 aromatic rings. The number of ketones is 2. The number of nitrogens with zero attached hydrogens (tertiary/aromatic N) is 6. The maximum absolute atomic E-state index is 15.1. The van der Waals surface area contributed by atoms with Gasteiger partial charge in [0.1, 0.15) is 17.3 Å². The first-order chi connectivity index (χ1) is 20.4. The number of halogens is 2. The second-order valence-corrected chi connectivity index (χ2v) is 11.2. The molecule has 2 saturated heterocycles. The van der Waals surface area contributed by atoms with Crippen molar-refractivity contribution in [3.05, 3.63) is 83.9 Å². The molecule has 0 spiro atoms. The molecule has 0 aliphatic carbocycles. The van der Waals surface area contributed by atoms with Crippen LogP contribution in [0.4, 0.5) is 8.78 Å². The maximum atomic E-state index is 15.1. The Kier molecular flexibility index (Phi) is 8.34. The number of rotatable bonds is 9. The number of hydrogen-bond donors (Lipinski definition) is 0. The highest BCUT2D eigenvalue weighted by atomic mass is 19.1. The van der Waals surface area contributed by atoms with Crippen molar-refractivity contribution in [3.63, 3.8) is 0 Å². The zero-order chi connectivity index (χ0) is 29.1. The van der Waals surface area contributed by atoms with Crippen LogP contribution >= 0.6 is 0 Å². The summed E-state index contributed by atoms with van der Waals surface area (Å²) in [5.74, 6) is -1.27. The number of likely N-dealkylation sites (tertiary alicyclic amines) is 2. The van der Waals surface area contributed by atoms with Gasteiger partial charge in [-0.3, -0.25) is 19.4 Å². The van der Waals surface area contributed by atoms with Gasteiger partial charge in [-0.05, 0) is 94.3 Å². The van der Waals surface area contributed by atoms with Crippen LogP contribution in [-0.2, 0) is 0 Å². The lowest BCUT2D eigenvalue weighted by molar-refractivity contribution is 0.0905. The lowest BCUT2D eigenvalue weighted by atomic mass is 10.0. The Morgan fingerprint density at radius 3 is 1.83 bits per heavy atom. The Labute approximate surface area is 243 Å². The zero-order valence-electron chi connectivity index (χ0n) is 23.5. The summed E-state index contributed by atoms with van der Waals surface area (Å²) in [6, 6.07) is 10.3. The second-order valence-electron chi connectivity index (χ2n) is 11.2. The molecule has 0 saturated carbocycles. The van der Waals surface area contributed by atoms with Gasteiger partial charge in [0.05, 0.1) is 36.2 Å². The summed E-state index contributed by atoms with van der Waals surface area (Å²) in [6.45, 7) is 4.32. The molecule has 0 amide bonds. The quantitative estimate of drug-likeness (QED) is 0.252. The number of carbonyl (C=O) groups excluding carboxylic acids is 2. The zero-order valence-corrected chi connectivity index (χ0v) is 23.5. The van der Waals surface area contributed by atoms with Gasteiger partial charge in [0.2, 0.25) is 0 Å². The van der Waals surface area contributed by atoms with Crippen molar-refractivity contribution in [2.24, 2.45) is 0 Å². The molecule has 6 rings (SSSR count). The predicted octanol–water partition coefficient (Wildman–Crippen LogP) is 5.34. The minimum atomic E-state index is -0.596. The van der Waals surface area contributed by atoms with Crippen LogP contribution in [0, 0.1) is 11.6 Å². The molecule has 0 N–H and O–H groups in total. The number of Topliss-reactive ketones (excluding diaryl/α,β-unsaturated/α-hetero) is 2. The standard InChI is InChI=1S/C32H34F2N6O2/c33-28-9-7-24(39-16-11-30(36-39)32(42)22-38-14-5-2-6-15-38)17-26(28)27-18-25(8-10-29(27)34)40-20-23(19-35-40)31(41)21-37-12-3-1-4-13-37/h7-11,16-20H,1-6,12-15,21-22H2. The van der Waals surface area contributed by atoms with Gasteiger partial charge in [-0.2, -0.15) is 10.2 Å². The molecule has 0 bridgehead atoms. The highest BCUT2D eigenvalue weighted by Gasteiger charge is 2.20. The second kappa shape index (κ2) is 12.5. The molecule has 2 aliphatic rings. The van der Waals surface area contributed by atoms with Gasteiger partial charge >= 0.3 is 0 Å². The van der Waals surface area contributed by atoms with Gasteiger partial charge < -0.3 is 0 Å². The van der Waals surface area contributed by atoms with Gasteiger partial charge in [0.15, 0.2) is 11.6 Å². The molecule has 0 unspecified atom stereocenters. The van der Waals surface area contributed by atoms with Gasteiger partial charge in [0.25, 0.3) is 0 Å². The lowest BCUT2D eigenvalue weighted by Crippen LogP contribution is -2.34. The number of hydrogen-bond acceptors (Lipinski definition) is 6. The average molecular weight is 573 g/mol. The van der Waals surface area contributed by atoms with Crippen LogP contribution in [0.5, 0.6) is 0 Å². The summed E-state index contributed by atoms with van der Waals surface area (Å²) in [7, 11) is 0. The smallest absolute Gasteiger partial charge is 0.196 e.